The normalized spacial score (nSPS) is 22.9. The van der Waals surface area contributed by atoms with Crippen LogP contribution in [0.25, 0.3) is 0 Å². The Labute approximate surface area is 215 Å². The van der Waals surface area contributed by atoms with Crippen LogP contribution < -0.4 is 15.4 Å². The fourth-order valence-electron chi connectivity index (χ4n) is 5.03. The van der Waals surface area contributed by atoms with Gasteiger partial charge in [0.1, 0.15) is 11.8 Å². The van der Waals surface area contributed by atoms with Crippen LogP contribution in [0.15, 0.2) is 18.2 Å². The van der Waals surface area contributed by atoms with E-state index in [2.05, 4.69) is 10.6 Å². The molecule has 2 aliphatic rings. The van der Waals surface area contributed by atoms with Gasteiger partial charge in [-0.3, -0.25) is 19.2 Å². The average Bonchev–Trinajstić information content (AvgIpc) is 3.41. The Balaban J connectivity index is 1.87. The van der Waals surface area contributed by atoms with Crippen molar-refractivity contribution in [2.45, 2.75) is 65.2 Å². The van der Waals surface area contributed by atoms with Crippen molar-refractivity contribution in [1.82, 2.24) is 20.4 Å². The third kappa shape index (κ3) is 6.08. The van der Waals surface area contributed by atoms with Gasteiger partial charge in [-0.05, 0) is 37.9 Å². The van der Waals surface area contributed by atoms with Gasteiger partial charge in [0.15, 0.2) is 11.6 Å². The highest BCUT2D eigenvalue weighted by Crippen LogP contribution is 2.38. The lowest BCUT2D eigenvalue weighted by Gasteiger charge is -2.37. The minimum Gasteiger partial charge on any atom is -0.493 e. The van der Waals surface area contributed by atoms with Crippen LogP contribution in [0.4, 0.5) is 8.78 Å². The molecule has 37 heavy (non-hydrogen) atoms. The van der Waals surface area contributed by atoms with Gasteiger partial charge < -0.3 is 25.2 Å². The lowest BCUT2D eigenvalue weighted by Crippen LogP contribution is -2.59. The van der Waals surface area contributed by atoms with E-state index in [1.165, 1.54) is 17.9 Å². The van der Waals surface area contributed by atoms with Gasteiger partial charge in [0, 0.05) is 32.0 Å². The van der Waals surface area contributed by atoms with E-state index in [1.54, 1.807) is 18.9 Å². The second kappa shape index (κ2) is 11.1. The molecule has 0 saturated carbocycles. The van der Waals surface area contributed by atoms with E-state index in [0.29, 0.717) is 13.0 Å². The van der Waals surface area contributed by atoms with E-state index in [1.807, 2.05) is 20.8 Å². The quantitative estimate of drug-likeness (QED) is 0.501. The van der Waals surface area contributed by atoms with Crippen LogP contribution in [0.5, 0.6) is 5.75 Å². The predicted octanol–water partition coefficient (Wildman–Crippen LogP) is 1.50. The van der Waals surface area contributed by atoms with Gasteiger partial charge in [-0.2, -0.15) is 0 Å². The number of ketones is 1. The molecule has 9 nitrogen and oxygen atoms in total. The van der Waals surface area contributed by atoms with Gasteiger partial charge in [-0.25, -0.2) is 8.78 Å². The summed E-state index contributed by atoms with van der Waals surface area (Å²) in [4.78, 5) is 54.3. The number of amides is 3. The molecule has 0 radical (unpaired) electrons. The molecule has 0 aliphatic carbocycles. The number of hydrogen-bond acceptors (Lipinski definition) is 6. The number of rotatable bonds is 8. The first-order valence-corrected chi connectivity index (χ1v) is 12.4. The number of nitrogens with one attached hydrogen (secondary N) is 2. The standard InChI is InChI=1S/C26H36F2N4O5/c1-14(29-6)23(34)30-22(26(3,4)5)25(36)31-10-9-20-21(31)16(12-32(20)24(35)15(2)33)13-37-17-7-8-18(27)19(28)11-17/h7-8,11,14,16,20-22,29H,9-10,12-13H2,1-6H3,(H,30,34)/t14-,16+,20?,21?,22?/m0/s1. The van der Waals surface area contributed by atoms with E-state index in [9.17, 15) is 28.0 Å². The molecular weight excluding hydrogens is 486 g/mol. The molecule has 3 unspecified atom stereocenters. The average molecular weight is 523 g/mol. The zero-order valence-electron chi connectivity index (χ0n) is 22.1. The van der Waals surface area contributed by atoms with Crippen LogP contribution in [0.1, 0.15) is 41.0 Å². The molecular formula is C26H36F2N4O5. The number of hydrogen-bond donors (Lipinski definition) is 2. The minimum atomic E-state index is -1.05. The second-order valence-electron chi connectivity index (χ2n) is 10.9. The van der Waals surface area contributed by atoms with Gasteiger partial charge in [-0.15, -0.1) is 0 Å². The zero-order valence-corrected chi connectivity index (χ0v) is 22.1. The monoisotopic (exact) mass is 522 g/mol. The number of halogens is 2. The number of likely N-dealkylation sites (tertiary alicyclic amines) is 2. The summed E-state index contributed by atoms with van der Waals surface area (Å²) >= 11 is 0. The Hall–Kier alpha value is -3.08. The molecule has 1 aromatic rings. The van der Waals surface area contributed by atoms with Crippen molar-refractivity contribution in [2.75, 3.05) is 26.7 Å². The number of fused-ring (bicyclic) bond motifs is 1. The zero-order chi connectivity index (χ0) is 27.7. The van der Waals surface area contributed by atoms with Crippen molar-refractivity contribution >= 4 is 23.5 Å². The molecule has 204 valence electrons. The molecule has 0 bridgehead atoms. The molecule has 2 aliphatic heterocycles. The summed E-state index contributed by atoms with van der Waals surface area (Å²) in [5, 5.41) is 5.73. The Morgan fingerprint density at radius 1 is 1.14 bits per heavy atom. The summed E-state index contributed by atoms with van der Waals surface area (Å²) in [5.41, 5.74) is -0.608. The fourth-order valence-corrected chi connectivity index (χ4v) is 5.03. The molecule has 3 amide bonds. The van der Waals surface area contributed by atoms with Crippen LogP contribution in [0, 0.1) is 23.0 Å². The first-order chi connectivity index (χ1) is 17.3. The van der Waals surface area contributed by atoms with Crippen molar-refractivity contribution in [3.63, 3.8) is 0 Å². The lowest BCUT2D eigenvalue weighted by atomic mass is 9.85. The number of benzene rings is 1. The summed E-state index contributed by atoms with van der Waals surface area (Å²) in [6.07, 6.45) is 0.467. The highest BCUT2D eigenvalue weighted by atomic mass is 19.2. The fraction of sp³-hybridized carbons (Fsp3) is 0.615. The van der Waals surface area contributed by atoms with Crippen molar-refractivity contribution in [2.24, 2.45) is 11.3 Å². The molecule has 2 N–H and O–H groups in total. The Morgan fingerprint density at radius 2 is 1.81 bits per heavy atom. The van der Waals surface area contributed by atoms with Crippen molar-refractivity contribution in [1.29, 1.82) is 0 Å². The SMILES string of the molecule is CN[C@@H](C)C(=O)NC(C(=O)N1CCC2C1[C@@H](COc1ccc(F)c(F)c1)CN2C(=O)C(C)=O)C(C)(C)C. The van der Waals surface area contributed by atoms with Gasteiger partial charge in [0.25, 0.3) is 5.91 Å². The summed E-state index contributed by atoms with van der Waals surface area (Å²) in [6.45, 7) is 8.99. The minimum absolute atomic E-state index is 0.0149. The summed E-state index contributed by atoms with van der Waals surface area (Å²) in [5.74, 6) is -4.16. The summed E-state index contributed by atoms with van der Waals surface area (Å²) < 4.78 is 32.7. The Bertz CT molecular complexity index is 1060. The number of likely N-dealkylation sites (N-methyl/N-ethyl adjacent to an activating group) is 1. The maximum Gasteiger partial charge on any atom is 0.289 e. The van der Waals surface area contributed by atoms with Crippen LogP contribution in [0.2, 0.25) is 0 Å². The van der Waals surface area contributed by atoms with Gasteiger partial charge in [-0.1, -0.05) is 20.8 Å². The molecule has 1 aromatic carbocycles. The van der Waals surface area contributed by atoms with E-state index < -0.39 is 52.9 Å². The molecule has 0 spiro atoms. The molecule has 0 aromatic heterocycles. The van der Waals surface area contributed by atoms with Crippen molar-refractivity contribution in [3.8, 4) is 5.75 Å². The number of carbonyl (C=O) groups is 4. The molecule has 5 atom stereocenters. The van der Waals surface area contributed by atoms with Crippen molar-refractivity contribution < 1.29 is 32.7 Å². The van der Waals surface area contributed by atoms with E-state index in [-0.39, 0.29) is 36.6 Å². The second-order valence-corrected chi connectivity index (χ2v) is 10.9. The third-order valence-corrected chi connectivity index (χ3v) is 7.16. The van der Waals surface area contributed by atoms with Crippen LogP contribution in [-0.4, -0.2) is 84.2 Å². The first kappa shape index (κ1) is 28.5. The first-order valence-electron chi connectivity index (χ1n) is 12.4. The summed E-state index contributed by atoms with van der Waals surface area (Å²) in [7, 11) is 1.65. The van der Waals surface area contributed by atoms with Crippen LogP contribution in [-0.2, 0) is 19.2 Å². The Morgan fingerprint density at radius 3 is 2.38 bits per heavy atom. The van der Waals surface area contributed by atoms with Crippen molar-refractivity contribution in [3.05, 3.63) is 29.8 Å². The smallest absolute Gasteiger partial charge is 0.289 e. The number of carbonyl (C=O) groups excluding carboxylic acids is 4. The molecule has 2 heterocycles. The van der Waals surface area contributed by atoms with Gasteiger partial charge in [0.05, 0.1) is 24.7 Å². The third-order valence-electron chi connectivity index (χ3n) is 7.16. The summed E-state index contributed by atoms with van der Waals surface area (Å²) in [6, 6.07) is 0.996. The van der Waals surface area contributed by atoms with Gasteiger partial charge in [0.2, 0.25) is 17.6 Å². The van der Waals surface area contributed by atoms with E-state index >= 15 is 0 Å². The highest BCUT2D eigenvalue weighted by molar-refractivity contribution is 6.35. The maximum atomic E-state index is 13.9. The molecule has 11 heteroatoms. The van der Waals surface area contributed by atoms with E-state index in [4.69, 9.17) is 4.74 Å². The largest absolute Gasteiger partial charge is 0.493 e. The predicted molar refractivity (Wildman–Crippen MR) is 132 cm³/mol. The van der Waals surface area contributed by atoms with Gasteiger partial charge >= 0.3 is 0 Å². The lowest BCUT2D eigenvalue weighted by molar-refractivity contribution is -0.144. The topological polar surface area (TPSA) is 108 Å². The van der Waals surface area contributed by atoms with Crippen LogP contribution in [0.3, 0.4) is 0 Å². The molecule has 2 saturated heterocycles. The Kier molecular flexibility index (Phi) is 8.56. The van der Waals surface area contributed by atoms with E-state index in [0.717, 1.165) is 12.1 Å². The number of Topliss-reactive ketones (excluding diaryl/α,β-unsaturated/α-hetero) is 1. The number of ether oxygens (including phenoxy) is 1. The molecule has 3 rings (SSSR count). The highest BCUT2D eigenvalue weighted by Gasteiger charge is 2.54. The molecule has 2 fully saturated rings. The number of nitrogens with zero attached hydrogens (tertiary/aromatic N) is 2. The van der Waals surface area contributed by atoms with Crippen LogP contribution >= 0.6 is 0 Å². The maximum absolute atomic E-state index is 13.9.